The fourth-order valence-corrected chi connectivity index (χ4v) is 2.27. The van der Waals surface area contributed by atoms with Crippen LogP contribution >= 0.6 is 0 Å². The summed E-state index contributed by atoms with van der Waals surface area (Å²) in [6.45, 7) is 10.7. The van der Waals surface area contributed by atoms with Gasteiger partial charge in [-0.25, -0.2) is 4.98 Å². The van der Waals surface area contributed by atoms with Crippen LogP contribution < -0.4 is 5.32 Å². The molecule has 1 saturated heterocycles. The van der Waals surface area contributed by atoms with Gasteiger partial charge in [0.25, 0.3) is 0 Å². The Morgan fingerprint density at radius 2 is 1.89 bits per heavy atom. The van der Waals surface area contributed by atoms with Crippen molar-refractivity contribution in [3.8, 4) is 0 Å². The molecule has 1 aromatic heterocycles. The van der Waals surface area contributed by atoms with Gasteiger partial charge in [-0.15, -0.1) is 5.10 Å². The Bertz CT molecular complexity index is 385. The molecule has 0 atom stereocenters. The Hall–Kier alpha value is -1.23. The molecule has 1 aromatic rings. The van der Waals surface area contributed by atoms with Crippen molar-refractivity contribution >= 4 is 5.95 Å². The second-order valence-electron chi connectivity index (χ2n) is 5.06. The summed E-state index contributed by atoms with van der Waals surface area (Å²) in [5.74, 6) is 1.40. The van der Waals surface area contributed by atoms with Crippen LogP contribution in [0.3, 0.4) is 0 Å². The highest BCUT2D eigenvalue weighted by atomic mass is 15.2. The number of rotatable bonds is 4. The number of piperidine rings is 1. The van der Waals surface area contributed by atoms with Crippen LogP contribution in [0.5, 0.6) is 0 Å². The highest BCUT2D eigenvalue weighted by Gasteiger charge is 2.18. The van der Waals surface area contributed by atoms with E-state index >= 15 is 0 Å². The summed E-state index contributed by atoms with van der Waals surface area (Å²) in [6, 6.07) is 0. The fourth-order valence-electron chi connectivity index (χ4n) is 2.27. The molecule has 0 aromatic carbocycles. The molecule has 2 rings (SSSR count). The first-order valence-corrected chi connectivity index (χ1v) is 6.83. The molecule has 2 heterocycles. The molecule has 5 nitrogen and oxygen atoms in total. The molecule has 1 N–H and O–H groups in total. The van der Waals surface area contributed by atoms with Gasteiger partial charge in [-0.1, -0.05) is 6.92 Å². The van der Waals surface area contributed by atoms with Crippen molar-refractivity contribution in [2.45, 2.75) is 33.6 Å². The van der Waals surface area contributed by atoms with Gasteiger partial charge in [0.1, 0.15) is 0 Å². The Morgan fingerprint density at radius 1 is 1.17 bits per heavy atom. The number of likely N-dealkylation sites (tertiary alicyclic amines) is 1. The molecule has 100 valence electrons. The summed E-state index contributed by atoms with van der Waals surface area (Å²) in [4.78, 5) is 6.90. The Labute approximate surface area is 109 Å². The number of hydrogen-bond donors (Lipinski definition) is 1. The summed E-state index contributed by atoms with van der Waals surface area (Å²) in [5, 5.41) is 11.5. The zero-order valence-electron chi connectivity index (χ0n) is 11.6. The summed E-state index contributed by atoms with van der Waals surface area (Å²) in [6.07, 6.45) is 2.53. The van der Waals surface area contributed by atoms with Crippen LogP contribution in [-0.4, -0.2) is 46.3 Å². The van der Waals surface area contributed by atoms with Crippen LogP contribution in [-0.2, 0) is 0 Å². The number of anilines is 1. The molecule has 0 amide bonds. The third-order valence-electron chi connectivity index (χ3n) is 3.80. The van der Waals surface area contributed by atoms with E-state index in [-0.39, 0.29) is 0 Å². The zero-order chi connectivity index (χ0) is 13.0. The molecule has 18 heavy (non-hydrogen) atoms. The van der Waals surface area contributed by atoms with E-state index in [9.17, 15) is 0 Å². The van der Waals surface area contributed by atoms with Crippen LogP contribution in [0.4, 0.5) is 5.95 Å². The van der Waals surface area contributed by atoms with Crippen molar-refractivity contribution in [2.24, 2.45) is 5.92 Å². The molecule has 0 spiro atoms. The molecule has 1 fully saturated rings. The second-order valence-corrected chi connectivity index (χ2v) is 5.06. The van der Waals surface area contributed by atoms with Crippen molar-refractivity contribution in [3.63, 3.8) is 0 Å². The Kier molecular flexibility index (Phi) is 4.47. The predicted molar refractivity (Wildman–Crippen MR) is 72.6 cm³/mol. The van der Waals surface area contributed by atoms with Gasteiger partial charge in [-0.3, -0.25) is 0 Å². The van der Waals surface area contributed by atoms with E-state index in [1.165, 1.54) is 32.5 Å². The largest absolute Gasteiger partial charge is 0.353 e. The highest BCUT2D eigenvalue weighted by molar-refractivity contribution is 5.24. The molecular weight excluding hydrogens is 226 g/mol. The van der Waals surface area contributed by atoms with Gasteiger partial charge in [0.15, 0.2) is 0 Å². The van der Waals surface area contributed by atoms with Crippen molar-refractivity contribution in [1.82, 2.24) is 20.1 Å². The summed E-state index contributed by atoms with van der Waals surface area (Å²) in [5.41, 5.74) is 1.85. The minimum absolute atomic E-state index is 0.663. The number of aryl methyl sites for hydroxylation is 2. The standard InChI is InChI=1S/C13H23N5/c1-4-18-7-5-12(6-8-18)9-14-13-15-10(2)11(3)16-17-13/h12H,4-9H2,1-3H3,(H,14,15,17). The molecule has 0 saturated carbocycles. The summed E-state index contributed by atoms with van der Waals surface area (Å²) < 4.78 is 0. The van der Waals surface area contributed by atoms with Crippen molar-refractivity contribution in [2.75, 3.05) is 31.5 Å². The molecule has 0 aliphatic carbocycles. The van der Waals surface area contributed by atoms with Gasteiger partial charge >= 0.3 is 0 Å². The molecule has 0 unspecified atom stereocenters. The minimum Gasteiger partial charge on any atom is -0.353 e. The molecule has 0 radical (unpaired) electrons. The van der Waals surface area contributed by atoms with Gasteiger partial charge < -0.3 is 10.2 Å². The Balaban J connectivity index is 1.79. The normalized spacial score (nSPS) is 17.9. The maximum absolute atomic E-state index is 4.39. The van der Waals surface area contributed by atoms with Crippen LogP contribution in [0.2, 0.25) is 0 Å². The van der Waals surface area contributed by atoms with Crippen LogP contribution in [0.15, 0.2) is 0 Å². The van der Waals surface area contributed by atoms with E-state index in [4.69, 9.17) is 0 Å². The lowest BCUT2D eigenvalue weighted by molar-refractivity contribution is 0.198. The first kappa shape index (κ1) is 13.2. The summed E-state index contributed by atoms with van der Waals surface area (Å²) >= 11 is 0. The lowest BCUT2D eigenvalue weighted by atomic mass is 9.97. The van der Waals surface area contributed by atoms with E-state index in [0.29, 0.717) is 5.95 Å². The first-order valence-electron chi connectivity index (χ1n) is 6.83. The predicted octanol–water partition coefficient (Wildman–Crippen LogP) is 1.63. The Morgan fingerprint density at radius 3 is 2.50 bits per heavy atom. The second kappa shape index (κ2) is 6.09. The topological polar surface area (TPSA) is 53.9 Å². The maximum Gasteiger partial charge on any atom is 0.242 e. The SMILES string of the molecule is CCN1CCC(CNc2nnc(C)c(C)n2)CC1. The van der Waals surface area contributed by atoms with E-state index < -0.39 is 0 Å². The van der Waals surface area contributed by atoms with Gasteiger partial charge in [0.05, 0.1) is 11.4 Å². The van der Waals surface area contributed by atoms with Crippen LogP contribution in [0.25, 0.3) is 0 Å². The lowest BCUT2D eigenvalue weighted by Crippen LogP contribution is -2.35. The number of aromatic nitrogens is 3. The van der Waals surface area contributed by atoms with Gasteiger partial charge in [0, 0.05) is 6.54 Å². The average molecular weight is 249 g/mol. The van der Waals surface area contributed by atoms with E-state index in [2.05, 4.69) is 32.3 Å². The van der Waals surface area contributed by atoms with E-state index in [1.54, 1.807) is 0 Å². The summed E-state index contributed by atoms with van der Waals surface area (Å²) in [7, 11) is 0. The van der Waals surface area contributed by atoms with Crippen LogP contribution in [0.1, 0.15) is 31.2 Å². The number of nitrogens with zero attached hydrogens (tertiary/aromatic N) is 4. The first-order chi connectivity index (χ1) is 8.69. The third kappa shape index (κ3) is 3.38. The third-order valence-corrected chi connectivity index (χ3v) is 3.80. The molecular formula is C13H23N5. The molecule has 5 heteroatoms. The number of nitrogens with one attached hydrogen (secondary N) is 1. The highest BCUT2D eigenvalue weighted by Crippen LogP contribution is 2.17. The van der Waals surface area contributed by atoms with E-state index in [0.717, 1.165) is 23.9 Å². The van der Waals surface area contributed by atoms with Gasteiger partial charge in [-0.2, -0.15) is 5.10 Å². The smallest absolute Gasteiger partial charge is 0.242 e. The fraction of sp³-hybridized carbons (Fsp3) is 0.769. The quantitative estimate of drug-likeness (QED) is 0.879. The van der Waals surface area contributed by atoms with Crippen molar-refractivity contribution in [3.05, 3.63) is 11.4 Å². The maximum atomic E-state index is 4.39. The minimum atomic E-state index is 0.663. The monoisotopic (exact) mass is 249 g/mol. The molecule has 1 aliphatic heterocycles. The van der Waals surface area contributed by atoms with Crippen molar-refractivity contribution in [1.29, 1.82) is 0 Å². The lowest BCUT2D eigenvalue weighted by Gasteiger charge is -2.30. The van der Waals surface area contributed by atoms with Gasteiger partial charge in [-0.05, 0) is 52.2 Å². The van der Waals surface area contributed by atoms with Gasteiger partial charge in [0.2, 0.25) is 5.95 Å². The van der Waals surface area contributed by atoms with Crippen molar-refractivity contribution < 1.29 is 0 Å². The molecule has 0 bridgehead atoms. The van der Waals surface area contributed by atoms with Crippen LogP contribution in [0, 0.1) is 19.8 Å². The number of hydrogen-bond acceptors (Lipinski definition) is 5. The molecule has 1 aliphatic rings. The zero-order valence-corrected chi connectivity index (χ0v) is 11.6. The van der Waals surface area contributed by atoms with E-state index in [1.807, 2.05) is 13.8 Å². The average Bonchev–Trinajstić information content (AvgIpc) is 2.41.